The van der Waals surface area contributed by atoms with Crippen molar-refractivity contribution < 1.29 is 9.53 Å². The summed E-state index contributed by atoms with van der Waals surface area (Å²) < 4.78 is 5.33. The number of carbonyl (C=O) groups is 1. The van der Waals surface area contributed by atoms with Crippen LogP contribution in [0.25, 0.3) is 0 Å². The highest BCUT2D eigenvalue weighted by atomic mass is 32.2. The van der Waals surface area contributed by atoms with Gasteiger partial charge in [-0.1, -0.05) is 17.8 Å². The number of carbonyl (C=O) groups excluding carboxylic acids is 1. The predicted molar refractivity (Wildman–Crippen MR) is 101 cm³/mol. The highest BCUT2D eigenvalue weighted by Crippen LogP contribution is 2.31. The Kier molecular flexibility index (Phi) is 4.70. The Hall–Kier alpha value is -1.95. The number of methoxy groups -OCH3 is 1. The molecule has 1 aromatic rings. The van der Waals surface area contributed by atoms with Gasteiger partial charge in [-0.05, 0) is 47.9 Å². The van der Waals surface area contributed by atoms with Crippen LogP contribution in [0.1, 0.15) is 24.0 Å². The number of nitrogens with zero attached hydrogens (tertiary/aromatic N) is 3. The van der Waals surface area contributed by atoms with E-state index in [0.717, 1.165) is 62.1 Å². The first-order valence-electron chi connectivity index (χ1n) is 8.86. The molecular formula is C19H23N3O2S. The maximum atomic E-state index is 12.8. The van der Waals surface area contributed by atoms with Crippen LogP contribution in [0.3, 0.4) is 0 Å². The van der Waals surface area contributed by atoms with Crippen LogP contribution in [0.4, 0.5) is 0 Å². The van der Waals surface area contributed by atoms with E-state index in [2.05, 4.69) is 27.4 Å². The zero-order valence-corrected chi connectivity index (χ0v) is 15.3. The van der Waals surface area contributed by atoms with Crippen molar-refractivity contribution in [2.45, 2.75) is 25.7 Å². The lowest BCUT2D eigenvalue weighted by molar-refractivity contribution is -0.130. The summed E-state index contributed by atoms with van der Waals surface area (Å²) in [6, 6.07) is 6.25. The zero-order valence-electron chi connectivity index (χ0n) is 14.5. The molecule has 3 aliphatic heterocycles. The van der Waals surface area contributed by atoms with Crippen molar-refractivity contribution in [2.75, 3.05) is 33.3 Å². The highest BCUT2D eigenvalue weighted by molar-refractivity contribution is 8.16. The van der Waals surface area contributed by atoms with Gasteiger partial charge in [0, 0.05) is 31.9 Å². The largest absolute Gasteiger partial charge is 0.497 e. The van der Waals surface area contributed by atoms with E-state index in [4.69, 9.17) is 4.74 Å². The molecule has 3 heterocycles. The fourth-order valence-corrected chi connectivity index (χ4v) is 4.57. The SMILES string of the molecule is COc1ccc2c(c1)CCN(C(=O)CC1=CSC3=NCCCN13)CC2. The molecule has 0 radical (unpaired) electrons. The molecule has 1 amide bonds. The van der Waals surface area contributed by atoms with Crippen LogP contribution in [-0.4, -0.2) is 54.2 Å². The predicted octanol–water partition coefficient (Wildman–Crippen LogP) is 2.66. The van der Waals surface area contributed by atoms with Gasteiger partial charge in [-0.3, -0.25) is 9.79 Å². The molecule has 6 heteroatoms. The van der Waals surface area contributed by atoms with Crippen molar-refractivity contribution in [3.63, 3.8) is 0 Å². The van der Waals surface area contributed by atoms with Crippen LogP contribution in [0.5, 0.6) is 5.75 Å². The van der Waals surface area contributed by atoms with E-state index in [-0.39, 0.29) is 5.91 Å². The Morgan fingerprint density at radius 2 is 2.08 bits per heavy atom. The van der Waals surface area contributed by atoms with E-state index in [1.165, 1.54) is 11.1 Å². The molecule has 0 saturated heterocycles. The van der Waals surface area contributed by atoms with Gasteiger partial charge in [0.2, 0.25) is 5.91 Å². The third-order valence-corrected chi connectivity index (χ3v) is 6.02. The molecule has 0 atom stereocenters. The fourth-order valence-electron chi connectivity index (χ4n) is 3.62. The van der Waals surface area contributed by atoms with Crippen molar-refractivity contribution in [1.82, 2.24) is 9.80 Å². The number of ether oxygens (including phenoxy) is 1. The van der Waals surface area contributed by atoms with E-state index in [1.807, 2.05) is 11.0 Å². The summed E-state index contributed by atoms with van der Waals surface area (Å²) in [5, 5.41) is 3.16. The van der Waals surface area contributed by atoms with Crippen molar-refractivity contribution in [3.8, 4) is 5.75 Å². The first kappa shape index (κ1) is 16.5. The average Bonchev–Trinajstić information content (AvgIpc) is 2.92. The van der Waals surface area contributed by atoms with E-state index in [0.29, 0.717) is 6.42 Å². The van der Waals surface area contributed by atoms with E-state index < -0.39 is 0 Å². The fraction of sp³-hybridized carbons (Fsp3) is 0.474. The van der Waals surface area contributed by atoms with Crippen LogP contribution in [0.15, 0.2) is 34.3 Å². The molecule has 0 aromatic heterocycles. The number of thioether (sulfide) groups is 1. The number of amides is 1. The molecule has 3 aliphatic rings. The van der Waals surface area contributed by atoms with Gasteiger partial charge in [0.15, 0.2) is 5.17 Å². The van der Waals surface area contributed by atoms with Crippen molar-refractivity contribution in [2.24, 2.45) is 4.99 Å². The van der Waals surface area contributed by atoms with E-state index >= 15 is 0 Å². The molecular weight excluding hydrogens is 334 g/mol. The Morgan fingerprint density at radius 1 is 1.24 bits per heavy atom. The number of hydrogen-bond donors (Lipinski definition) is 0. The maximum absolute atomic E-state index is 12.8. The summed E-state index contributed by atoms with van der Waals surface area (Å²) in [7, 11) is 1.69. The summed E-state index contributed by atoms with van der Waals surface area (Å²) in [4.78, 5) is 21.6. The minimum absolute atomic E-state index is 0.221. The summed E-state index contributed by atoms with van der Waals surface area (Å²) in [5.74, 6) is 1.11. The Morgan fingerprint density at radius 3 is 2.92 bits per heavy atom. The third kappa shape index (κ3) is 3.40. The number of rotatable bonds is 3. The van der Waals surface area contributed by atoms with E-state index in [9.17, 15) is 4.79 Å². The smallest absolute Gasteiger partial charge is 0.228 e. The van der Waals surface area contributed by atoms with Crippen LogP contribution in [0, 0.1) is 0 Å². The summed E-state index contributed by atoms with van der Waals surface area (Å²) in [6.45, 7) is 3.46. The van der Waals surface area contributed by atoms with Crippen LogP contribution >= 0.6 is 11.8 Å². The number of hydrogen-bond acceptors (Lipinski definition) is 5. The van der Waals surface area contributed by atoms with Gasteiger partial charge in [0.1, 0.15) is 5.75 Å². The minimum Gasteiger partial charge on any atom is -0.497 e. The second-order valence-electron chi connectivity index (χ2n) is 6.59. The van der Waals surface area contributed by atoms with Gasteiger partial charge in [-0.15, -0.1) is 0 Å². The second kappa shape index (κ2) is 7.12. The van der Waals surface area contributed by atoms with Crippen LogP contribution < -0.4 is 4.74 Å². The summed E-state index contributed by atoms with van der Waals surface area (Å²) >= 11 is 1.65. The van der Waals surface area contributed by atoms with Gasteiger partial charge in [-0.2, -0.15) is 0 Å². The number of aliphatic imine (C=N–C) groups is 1. The summed E-state index contributed by atoms with van der Waals surface area (Å²) in [5.41, 5.74) is 3.74. The molecule has 0 N–H and O–H groups in total. The lowest BCUT2D eigenvalue weighted by Crippen LogP contribution is -2.36. The van der Waals surface area contributed by atoms with Gasteiger partial charge >= 0.3 is 0 Å². The minimum atomic E-state index is 0.221. The number of amidine groups is 1. The van der Waals surface area contributed by atoms with Gasteiger partial charge in [-0.25, -0.2) is 0 Å². The molecule has 4 rings (SSSR count). The molecule has 1 aromatic carbocycles. The highest BCUT2D eigenvalue weighted by Gasteiger charge is 2.28. The molecule has 0 bridgehead atoms. The lowest BCUT2D eigenvalue weighted by Gasteiger charge is -2.27. The van der Waals surface area contributed by atoms with Crippen molar-refractivity contribution in [3.05, 3.63) is 40.4 Å². The maximum Gasteiger partial charge on any atom is 0.228 e. The van der Waals surface area contributed by atoms with E-state index in [1.54, 1.807) is 18.9 Å². The van der Waals surface area contributed by atoms with Gasteiger partial charge in [0.05, 0.1) is 13.5 Å². The Labute approximate surface area is 152 Å². The Balaban J connectivity index is 1.40. The second-order valence-corrected chi connectivity index (χ2v) is 7.43. The zero-order chi connectivity index (χ0) is 17.2. The van der Waals surface area contributed by atoms with Crippen molar-refractivity contribution >= 4 is 22.8 Å². The normalized spacial score (nSPS) is 19.6. The molecule has 0 spiro atoms. The molecule has 0 aliphatic carbocycles. The molecule has 0 saturated carbocycles. The molecule has 0 unspecified atom stereocenters. The standard InChI is InChI=1S/C19H23N3O2S/c1-24-17-4-3-14-5-9-21(10-6-15(14)11-17)18(23)12-16-13-25-19-20-7-2-8-22(16)19/h3-4,11,13H,2,5-10,12H2,1H3. The quantitative estimate of drug-likeness (QED) is 0.834. The van der Waals surface area contributed by atoms with Gasteiger partial charge < -0.3 is 14.5 Å². The molecule has 132 valence electrons. The monoisotopic (exact) mass is 357 g/mol. The van der Waals surface area contributed by atoms with Crippen LogP contribution in [0.2, 0.25) is 0 Å². The Bertz CT molecular complexity index is 744. The first-order chi connectivity index (χ1) is 12.2. The lowest BCUT2D eigenvalue weighted by atomic mass is 10.0. The first-order valence-corrected chi connectivity index (χ1v) is 9.74. The number of benzene rings is 1. The molecule has 5 nitrogen and oxygen atoms in total. The summed E-state index contributed by atoms with van der Waals surface area (Å²) in [6.07, 6.45) is 3.35. The third-order valence-electron chi connectivity index (χ3n) is 5.07. The topological polar surface area (TPSA) is 45.1 Å². The van der Waals surface area contributed by atoms with Gasteiger partial charge in [0.25, 0.3) is 0 Å². The van der Waals surface area contributed by atoms with Crippen molar-refractivity contribution in [1.29, 1.82) is 0 Å². The number of fused-ring (bicyclic) bond motifs is 2. The average molecular weight is 357 g/mol. The molecule has 25 heavy (non-hydrogen) atoms. The van der Waals surface area contributed by atoms with Crippen LogP contribution in [-0.2, 0) is 17.6 Å². The molecule has 0 fully saturated rings.